The topological polar surface area (TPSA) is 59.4 Å². The average Bonchev–Trinajstić information content (AvgIpc) is 3.58. The lowest BCUT2D eigenvalue weighted by Crippen LogP contribution is -2.45. The van der Waals surface area contributed by atoms with E-state index in [0.717, 1.165) is 37.1 Å². The molecule has 1 amide bonds. The second-order valence-corrected chi connectivity index (χ2v) is 10.5. The molecule has 2 unspecified atom stereocenters. The number of para-hydroxylation sites is 2. The molecule has 3 fully saturated rings. The van der Waals surface area contributed by atoms with E-state index in [2.05, 4.69) is 70.2 Å². The first-order chi connectivity index (χ1) is 17.2. The highest BCUT2D eigenvalue weighted by Crippen LogP contribution is 2.42. The van der Waals surface area contributed by atoms with Crippen LogP contribution in [0.1, 0.15) is 68.4 Å². The van der Waals surface area contributed by atoms with E-state index in [1.165, 1.54) is 36.8 Å². The molecule has 0 saturated carbocycles. The van der Waals surface area contributed by atoms with E-state index < -0.39 is 0 Å². The molecule has 5 atom stereocenters. The Bertz CT molecular complexity index is 1160. The van der Waals surface area contributed by atoms with E-state index in [-0.39, 0.29) is 18.1 Å². The zero-order valence-corrected chi connectivity index (χ0v) is 20.6. The number of nitrogens with one attached hydrogen (secondary N) is 1. The molecular weight excluding hydrogens is 436 g/mol. The number of nitrogens with zero attached hydrogens (tertiary/aromatic N) is 3. The van der Waals surface area contributed by atoms with Crippen LogP contribution < -0.4 is 5.32 Å². The largest absolute Gasteiger partial charge is 0.368 e. The Morgan fingerprint density at radius 1 is 1.03 bits per heavy atom. The van der Waals surface area contributed by atoms with Gasteiger partial charge in [0.25, 0.3) is 0 Å². The maximum absolute atomic E-state index is 12.9. The third kappa shape index (κ3) is 4.50. The van der Waals surface area contributed by atoms with Gasteiger partial charge in [-0.3, -0.25) is 9.69 Å². The number of hydrogen-bond acceptors (Lipinski definition) is 4. The lowest BCUT2D eigenvalue weighted by molar-refractivity contribution is -0.130. The standard InChI is InChI=1S/C29H36N4O2/c1-20-30-26-10-5-6-11-27(26)33(20)24-18-22-13-14-23(19-24)32(22)16-15-25(21-8-3-2-4-9-21)31-29(34)28-12-7-17-35-28/h2-6,8-11,22-25,28H,7,12-19H2,1H3,(H,31,34)/t22-,23+,24?,25-,28?/m0/s1. The fraction of sp³-hybridized carbons (Fsp3) is 0.517. The molecule has 4 heterocycles. The van der Waals surface area contributed by atoms with Crippen molar-refractivity contribution in [2.75, 3.05) is 13.2 Å². The number of imidazole rings is 1. The Hall–Kier alpha value is -2.70. The molecule has 6 nitrogen and oxygen atoms in total. The van der Waals surface area contributed by atoms with Crippen molar-refractivity contribution in [2.24, 2.45) is 0 Å². The predicted octanol–water partition coefficient (Wildman–Crippen LogP) is 4.94. The zero-order chi connectivity index (χ0) is 23.8. The summed E-state index contributed by atoms with van der Waals surface area (Å²) in [5.74, 6) is 1.17. The lowest BCUT2D eigenvalue weighted by atomic mass is 9.95. The Kier molecular flexibility index (Phi) is 6.33. The van der Waals surface area contributed by atoms with Gasteiger partial charge in [-0.1, -0.05) is 42.5 Å². The van der Waals surface area contributed by atoms with Crippen molar-refractivity contribution in [1.29, 1.82) is 0 Å². The molecule has 3 aliphatic rings. The van der Waals surface area contributed by atoms with Crippen molar-refractivity contribution in [3.8, 4) is 0 Å². The molecule has 1 aromatic heterocycles. The van der Waals surface area contributed by atoms with Crippen molar-refractivity contribution in [2.45, 2.75) is 82.1 Å². The minimum atomic E-state index is -0.290. The SMILES string of the molecule is Cc1nc2ccccc2n1C1C[C@H]2CC[C@@H](C1)N2CC[C@H](NC(=O)C1CCCO1)c1ccccc1. The number of rotatable bonds is 7. The molecule has 3 saturated heterocycles. The van der Waals surface area contributed by atoms with Gasteiger partial charge in [-0.15, -0.1) is 0 Å². The Morgan fingerprint density at radius 2 is 1.77 bits per heavy atom. The minimum Gasteiger partial charge on any atom is -0.368 e. The maximum Gasteiger partial charge on any atom is 0.249 e. The van der Waals surface area contributed by atoms with Gasteiger partial charge in [0.15, 0.2) is 0 Å². The Balaban J connectivity index is 1.15. The molecular formula is C29H36N4O2. The van der Waals surface area contributed by atoms with Crippen LogP contribution in [0.3, 0.4) is 0 Å². The van der Waals surface area contributed by atoms with E-state index in [1.807, 2.05) is 6.07 Å². The lowest BCUT2D eigenvalue weighted by Gasteiger charge is -2.40. The first kappa shape index (κ1) is 22.7. The molecule has 0 aliphatic carbocycles. The second kappa shape index (κ2) is 9.75. The number of fused-ring (bicyclic) bond motifs is 3. The zero-order valence-electron chi connectivity index (χ0n) is 20.6. The number of carbonyl (C=O) groups excluding carboxylic acids is 1. The van der Waals surface area contributed by atoms with Gasteiger partial charge in [0.05, 0.1) is 17.1 Å². The number of amides is 1. The highest BCUT2D eigenvalue weighted by atomic mass is 16.5. The number of carbonyl (C=O) groups is 1. The van der Waals surface area contributed by atoms with Crippen LogP contribution >= 0.6 is 0 Å². The van der Waals surface area contributed by atoms with Gasteiger partial charge >= 0.3 is 0 Å². The minimum absolute atomic E-state index is 0.0184. The molecule has 0 spiro atoms. The summed E-state index contributed by atoms with van der Waals surface area (Å²) in [5.41, 5.74) is 3.55. The number of hydrogen-bond donors (Lipinski definition) is 1. The van der Waals surface area contributed by atoms with Gasteiger partial charge in [0, 0.05) is 31.3 Å². The third-order valence-electron chi connectivity index (χ3n) is 8.41. The van der Waals surface area contributed by atoms with Crippen LogP contribution in [0.2, 0.25) is 0 Å². The summed E-state index contributed by atoms with van der Waals surface area (Å²) in [7, 11) is 0. The second-order valence-electron chi connectivity index (χ2n) is 10.5. The van der Waals surface area contributed by atoms with Crippen LogP contribution in [0.5, 0.6) is 0 Å². The van der Waals surface area contributed by atoms with Gasteiger partial charge in [0.1, 0.15) is 11.9 Å². The van der Waals surface area contributed by atoms with E-state index in [1.54, 1.807) is 0 Å². The van der Waals surface area contributed by atoms with Crippen molar-refractivity contribution in [3.05, 3.63) is 66.0 Å². The molecule has 6 heteroatoms. The van der Waals surface area contributed by atoms with Crippen LogP contribution in [0.4, 0.5) is 0 Å². The fourth-order valence-corrected chi connectivity index (χ4v) is 6.78. The van der Waals surface area contributed by atoms with Gasteiger partial charge in [-0.05, 0) is 69.6 Å². The molecule has 6 rings (SSSR count). The van der Waals surface area contributed by atoms with Gasteiger partial charge in [-0.25, -0.2) is 4.98 Å². The number of benzene rings is 2. The smallest absolute Gasteiger partial charge is 0.249 e. The maximum atomic E-state index is 12.9. The van der Waals surface area contributed by atoms with Crippen LogP contribution in [-0.2, 0) is 9.53 Å². The van der Waals surface area contributed by atoms with Crippen LogP contribution in [0, 0.1) is 6.92 Å². The summed E-state index contributed by atoms with van der Waals surface area (Å²) in [6, 6.07) is 20.7. The summed E-state index contributed by atoms with van der Waals surface area (Å²) < 4.78 is 8.14. The molecule has 2 bridgehead atoms. The first-order valence-corrected chi connectivity index (χ1v) is 13.3. The summed E-state index contributed by atoms with van der Waals surface area (Å²) in [6.45, 7) is 3.85. The normalized spacial score (nSPS) is 27.3. The molecule has 184 valence electrons. The summed E-state index contributed by atoms with van der Waals surface area (Å²) >= 11 is 0. The molecule has 0 radical (unpaired) electrons. The predicted molar refractivity (Wildman–Crippen MR) is 137 cm³/mol. The summed E-state index contributed by atoms with van der Waals surface area (Å²) in [6.07, 6.45) is 7.32. The molecule has 3 aromatic rings. The van der Waals surface area contributed by atoms with E-state index in [9.17, 15) is 4.79 Å². The summed E-state index contributed by atoms with van der Waals surface area (Å²) in [5, 5.41) is 3.32. The average molecular weight is 473 g/mol. The monoisotopic (exact) mass is 472 g/mol. The fourth-order valence-electron chi connectivity index (χ4n) is 6.78. The van der Waals surface area contributed by atoms with Crippen molar-refractivity contribution < 1.29 is 9.53 Å². The van der Waals surface area contributed by atoms with Gasteiger partial charge in [0.2, 0.25) is 5.91 Å². The number of piperidine rings is 1. The van der Waals surface area contributed by atoms with Crippen LogP contribution in [0.25, 0.3) is 11.0 Å². The quantitative estimate of drug-likeness (QED) is 0.529. The van der Waals surface area contributed by atoms with E-state index in [4.69, 9.17) is 9.72 Å². The molecule has 1 N–H and O–H groups in total. The Morgan fingerprint density at radius 3 is 2.51 bits per heavy atom. The first-order valence-electron chi connectivity index (χ1n) is 13.3. The summed E-state index contributed by atoms with van der Waals surface area (Å²) in [4.78, 5) is 20.4. The van der Waals surface area contributed by atoms with Crippen LogP contribution in [0.15, 0.2) is 54.6 Å². The Labute approximate surface area is 207 Å². The number of aromatic nitrogens is 2. The highest BCUT2D eigenvalue weighted by Gasteiger charge is 2.42. The van der Waals surface area contributed by atoms with Crippen LogP contribution in [-0.4, -0.2) is 51.7 Å². The van der Waals surface area contributed by atoms with E-state index in [0.29, 0.717) is 24.7 Å². The van der Waals surface area contributed by atoms with Crippen molar-refractivity contribution in [3.63, 3.8) is 0 Å². The van der Waals surface area contributed by atoms with Gasteiger partial charge in [-0.2, -0.15) is 0 Å². The number of aryl methyl sites for hydroxylation is 1. The van der Waals surface area contributed by atoms with Crippen molar-refractivity contribution >= 4 is 16.9 Å². The van der Waals surface area contributed by atoms with E-state index >= 15 is 0 Å². The third-order valence-corrected chi connectivity index (χ3v) is 8.41. The highest BCUT2D eigenvalue weighted by molar-refractivity contribution is 5.81. The molecule has 35 heavy (non-hydrogen) atoms. The van der Waals surface area contributed by atoms with Crippen molar-refractivity contribution in [1.82, 2.24) is 19.8 Å². The number of ether oxygens (including phenoxy) is 1. The molecule has 2 aromatic carbocycles. The van der Waals surface area contributed by atoms with Gasteiger partial charge < -0.3 is 14.6 Å². The molecule has 3 aliphatic heterocycles.